The Kier molecular flexibility index (Phi) is 7.70. The number of hydrogen-bond donors (Lipinski definition) is 1. The maximum absolute atomic E-state index is 12.3. The molecule has 0 fully saturated rings. The van der Waals surface area contributed by atoms with Gasteiger partial charge in [-0.2, -0.15) is 0 Å². The van der Waals surface area contributed by atoms with Crippen LogP contribution in [0.15, 0.2) is 10.9 Å². The maximum atomic E-state index is 12.3. The van der Waals surface area contributed by atoms with Crippen molar-refractivity contribution >= 4 is 0 Å². The Morgan fingerprint density at radius 3 is 2.13 bits per heavy atom. The lowest BCUT2D eigenvalue weighted by Crippen LogP contribution is -2.27. The highest BCUT2D eigenvalue weighted by Gasteiger charge is 2.17. The van der Waals surface area contributed by atoms with Gasteiger partial charge in [-0.3, -0.25) is 9.36 Å². The van der Waals surface area contributed by atoms with Gasteiger partial charge >= 0.3 is 0 Å². The van der Waals surface area contributed by atoms with Crippen LogP contribution in [0, 0.1) is 0 Å². The molecule has 0 unspecified atom stereocenters. The average Bonchev–Trinajstić information content (AvgIpc) is 2.58. The minimum Gasteiger partial charge on any atom is -0.494 e. The van der Waals surface area contributed by atoms with Gasteiger partial charge in [0.15, 0.2) is 5.88 Å². The number of rotatable bonds is 11. The van der Waals surface area contributed by atoms with Crippen LogP contribution < -0.4 is 5.56 Å². The summed E-state index contributed by atoms with van der Waals surface area (Å²) in [6.07, 6.45) is 15.6. The summed E-state index contributed by atoms with van der Waals surface area (Å²) in [7, 11) is 0. The van der Waals surface area contributed by atoms with Crippen LogP contribution in [-0.2, 0) is 19.4 Å². The molecule has 1 N–H and O–H groups in total. The topological polar surface area (TPSA) is 42.2 Å². The van der Waals surface area contributed by atoms with E-state index in [0.29, 0.717) is 6.54 Å². The van der Waals surface area contributed by atoms with E-state index in [1.54, 1.807) is 4.57 Å². The third kappa shape index (κ3) is 5.40. The van der Waals surface area contributed by atoms with Gasteiger partial charge in [0.1, 0.15) is 0 Å². The minimum atomic E-state index is 0.0295. The van der Waals surface area contributed by atoms with E-state index in [-0.39, 0.29) is 11.4 Å². The van der Waals surface area contributed by atoms with Crippen LogP contribution in [0.4, 0.5) is 0 Å². The molecule has 2 bridgehead atoms. The van der Waals surface area contributed by atoms with Crippen LogP contribution in [0.5, 0.6) is 5.88 Å². The van der Waals surface area contributed by atoms with Crippen molar-refractivity contribution in [3.05, 3.63) is 27.5 Å². The first-order valence-electron chi connectivity index (χ1n) is 9.68. The van der Waals surface area contributed by atoms with Gasteiger partial charge in [0.2, 0.25) is 0 Å². The van der Waals surface area contributed by atoms with Crippen LogP contribution in [0.3, 0.4) is 0 Å². The molecule has 0 amide bonds. The van der Waals surface area contributed by atoms with Gasteiger partial charge in [-0.1, -0.05) is 64.7 Å². The van der Waals surface area contributed by atoms with E-state index >= 15 is 0 Å². The third-order valence-electron chi connectivity index (χ3n) is 5.04. The van der Waals surface area contributed by atoms with E-state index in [0.717, 1.165) is 43.2 Å². The van der Waals surface area contributed by atoms with Crippen LogP contribution in [0.1, 0.15) is 88.7 Å². The molecule has 2 rings (SSSR count). The Bertz CT molecular complexity index is 533. The van der Waals surface area contributed by atoms with E-state index < -0.39 is 0 Å². The molecule has 23 heavy (non-hydrogen) atoms. The zero-order valence-electron chi connectivity index (χ0n) is 14.8. The Morgan fingerprint density at radius 1 is 0.913 bits per heavy atom. The smallest absolute Gasteiger partial charge is 0.256 e. The van der Waals surface area contributed by atoms with Crippen LogP contribution >= 0.6 is 0 Å². The highest BCUT2D eigenvalue weighted by molar-refractivity contribution is 5.33. The van der Waals surface area contributed by atoms with Gasteiger partial charge in [-0.25, -0.2) is 0 Å². The molecule has 3 heteroatoms. The van der Waals surface area contributed by atoms with Crippen LogP contribution in [-0.4, -0.2) is 9.67 Å². The Labute approximate surface area is 140 Å². The molecule has 0 aromatic carbocycles. The van der Waals surface area contributed by atoms with E-state index in [1.807, 2.05) is 6.07 Å². The van der Waals surface area contributed by atoms with Gasteiger partial charge in [0, 0.05) is 17.7 Å². The molecule has 0 saturated carbocycles. The summed E-state index contributed by atoms with van der Waals surface area (Å²) in [4.78, 5) is 12.3. The van der Waals surface area contributed by atoms with Crippen molar-refractivity contribution in [1.82, 2.24) is 4.57 Å². The lowest BCUT2D eigenvalue weighted by Gasteiger charge is -2.18. The fourth-order valence-corrected chi connectivity index (χ4v) is 3.58. The Hall–Kier alpha value is -1.25. The predicted molar refractivity (Wildman–Crippen MR) is 96.2 cm³/mol. The van der Waals surface area contributed by atoms with E-state index in [2.05, 4.69) is 6.92 Å². The second-order valence-corrected chi connectivity index (χ2v) is 7.01. The van der Waals surface area contributed by atoms with Crippen molar-refractivity contribution in [2.45, 2.75) is 96.9 Å². The molecular weight excluding hydrogens is 286 g/mol. The summed E-state index contributed by atoms with van der Waals surface area (Å²) in [5.41, 5.74) is 1.87. The van der Waals surface area contributed by atoms with Crippen molar-refractivity contribution < 1.29 is 5.11 Å². The standard InChI is InChI=1S/C20H33NO2/c1-2-3-4-5-6-7-8-9-10-11-15-21-19(22)17-13-12-14-18(16-17)20(21)23/h16,22H,2-15H2,1H3. The first-order chi connectivity index (χ1) is 11.2. The van der Waals surface area contributed by atoms with E-state index in [4.69, 9.17) is 0 Å². The van der Waals surface area contributed by atoms with Gasteiger partial charge < -0.3 is 5.11 Å². The van der Waals surface area contributed by atoms with Crippen LogP contribution in [0.25, 0.3) is 0 Å². The quantitative estimate of drug-likeness (QED) is 0.585. The predicted octanol–water partition coefficient (Wildman–Crippen LogP) is 4.96. The number of unbranched alkanes of at least 4 members (excludes halogenated alkanes) is 9. The normalized spacial score (nSPS) is 13.4. The summed E-state index contributed by atoms with van der Waals surface area (Å²) >= 11 is 0. The molecule has 130 valence electrons. The summed E-state index contributed by atoms with van der Waals surface area (Å²) < 4.78 is 1.61. The Morgan fingerprint density at radius 2 is 1.48 bits per heavy atom. The fraction of sp³-hybridized carbons (Fsp3) is 0.750. The molecule has 0 spiro atoms. The monoisotopic (exact) mass is 319 g/mol. The molecule has 1 aromatic rings. The molecule has 1 aliphatic rings. The van der Waals surface area contributed by atoms with Crippen molar-refractivity contribution in [2.75, 3.05) is 0 Å². The highest BCUT2D eigenvalue weighted by Crippen LogP contribution is 2.23. The molecule has 1 aliphatic carbocycles. The zero-order chi connectivity index (χ0) is 16.5. The largest absolute Gasteiger partial charge is 0.494 e. The number of nitrogens with zero attached hydrogens (tertiary/aromatic N) is 1. The molecule has 0 atom stereocenters. The zero-order valence-corrected chi connectivity index (χ0v) is 14.8. The number of fused-ring (bicyclic) bond motifs is 2. The van der Waals surface area contributed by atoms with Gasteiger partial charge in [0.05, 0.1) is 0 Å². The van der Waals surface area contributed by atoms with E-state index in [1.165, 1.54) is 51.4 Å². The summed E-state index contributed by atoms with van der Waals surface area (Å²) in [6, 6.07) is 1.90. The summed E-state index contributed by atoms with van der Waals surface area (Å²) in [5, 5.41) is 10.2. The fourth-order valence-electron chi connectivity index (χ4n) is 3.58. The Balaban J connectivity index is 1.64. The molecule has 3 nitrogen and oxygen atoms in total. The third-order valence-corrected chi connectivity index (χ3v) is 5.04. The molecule has 0 aliphatic heterocycles. The van der Waals surface area contributed by atoms with Crippen molar-refractivity contribution in [2.24, 2.45) is 0 Å². The van der Waals surface area contributed by atoms with Crippen molar-refractivity contribution in [3.8, 4) is 5.88 Å². The van der Waals surface area contributed by atoms with Crippen molar-refractivity contribution in [1.29, 1.82) is 0 Å². The van der Waals surface area contributed by atoms with Gasteiger partial charge in [-0.05, 0) is 31.7 Å². The highest BCUT2D eigenvalue weighted by atomic mass is 16.3. The molecule has 0 radical (unpaired) electrons. The number of pyridine rings is 1. The lowest BCUT2D eigenvalue weighted by molar-refractivity contribution is 0.386. The second-order valence-electron chi connectivity index (χ2n) is 7.01. The minimum absolute atomic E-state index is 0.0295. The van der Waals surface area contributed by atoms with Crippen LogP contribution in [0.2, 0.25) is 0 Å². The van der Waals surface area contributed by atoms with E-state index in [9.17, 15) is 9.90 Å². The van der Waals surface area contributed by atoms with Gasteiger partial charge in [-0.15, -0.1) is 0 Å². The molecule has 1 heterocycles. The second kappa shape index (κ2) is 9.79. The van der Waals surface area contributed by atoms with Crippen molar-refractivity contribution in [3.63, 3.8) is 0 Å². The SMILES string of the molecule is CCCCCCCCCCCCn1c(O)c2cc(c1=O)CCC2. The summed E-state index contributed by atoms with van der Waals surface area (Å²) in [6.45, 7) is 2.92. The molecule has 0 saturated heterocycles. The summed E-state index contributed by atoms with van der Waals surface area (Å²) in [5.74, 6) is 0.217. The first kappa shape index (κ1) is 18.1. The number of aromatic nitrogens is 1. The molecular formula is C20H33NO2. The average molecular weight is 319 g/mol. The lowest BCUT2D eigenvalue weighted by atomic mass is 9.97. The molecule has 1 aromatic heterocycles. The first-order valence-corrected chi connectivity index (χ1v) is 9.68. The van der Waals surface area contributed by atoms with Gasteiger partial charge in [0.25, 0.3) is 5.56 Å². The number of aromatic hydroxyl groups is 1. The number of aryl methyl sites for hydroxylation is 2. The maximum Gasteiger partial charge on any atom is 0.256 e. The number of hydrogen-bond acceptors (Lipinski definition) is 2.